The van der Waals surface area contributed by atoms with Gasteiger partial charge in [0.2, 0.25) is 0 Å². The largest absolute Gasteiger partial charge is 0.478 e. The van der Waals surface area contributed by atoms with E-state index < -0.39 is 17.4 Å². The van der Waals surface area contributed by atoms with Crippen molar-refractivity contribution in [2.45, 2.75) is 6.92 Å². The first-order valence-corrected chi connectivity index (χ1v) is 6.88. The van der Waals surface area contributed by atoms with Crippen LogP contribution >= 0.6 is 0 Å². The molecule has 1 heterocycles. The fourth-order valence-corrected chi connectivity index (χ4v) is 2.09. The van der Waals surface area contributed by atoms with Crippen molar-refractivity contribution in [3.05, 3.63) is 57.0 Å². The summed E-state index contributed by atoms with van der Waals surface area (Å²) in [5.74, 6) is -1.65. The normalized spacial score (nSPS) is 11.0. The number of aromatic amines is 1. The van der Waals surface area contributed by atoms with Gasteiger partial charge in [-0.05, 0) is 37.3 Å². The van der Waals surface area contributed by atoms with E-state index in [4.69, 9.17) is 10.4 Å². The summed E-state index contributed by atoms with van der Waals surface area (Å²) in [7, 11) is 1.39. The van der Waals surface area contributed by atoms with Crippen LogP contribution in [-0.4, -0.2) is 33.8 Å². The van der Waals surface area contributed by atoms with E-state index in [1.54, 1.807) is 13.0 Å². The number of hydrogen-bond acceptors (Lipinski definition) is 4. The van der Waals surface area contributed by atoms with Crippen LogP contribution < -0.4 is 10.9 Å². The Hall–Kier alpha value is -3.60. The molecule has 8 heteroatoms. The topological polar surface area (TPSA) is 128 Å². The van der Waals surface area contributed by atoms with Gasteiger partial charge in [0.15, 0.2) is 0 Å². The molecule has 0 bridgehead atoms. The molecule has 0 fully saturated rings. The summed E-state index contributed by atoms with van der Waals surface area (Å²) in [6.45, 7) is 1.63. The van der Waals surface area contributed by atoms with Crippen LogP contribution in [0.15, 0.2) is 34.6 Å². The molecule has 0 atom stereocenters. The Kier molecular flexibility index (Phi) is 4.65. The van der Waals surface area contributed by atoms with Crippen LogP contribution in [0.5, 0.6) is 0 Å². The third-order valence-corrected chi connectivity index (χ3v) is 3.37. The lowest BCUT2D eigenvalue weighted by atomic mass is 10.1. The number of amides is 1. The zero-order valence-corrected chi connectivity index (χ0v) is 13.0. The van der Waals surface area contributed by atoms with Gasteiger partial charge in [-0.25, -0.2) is 9.48 Å². The summed E-state index contributed by atoms with van der Waals surface area (Å²) in [5, 5.41) is 23.1. The van der Waals surface area contributed by atoms with E-state index in [0.29, 0.717) is 11.4 Å². The van der Waals surface area contributed by atoms with Gasteiger partial charge < -0.3 is 10.4 Å². The summed E-state index contributed by atoms with van der Waals surface area (Å²) in [5.41, 5.74) is 0.543. The lowest BCUT2D eigenvalue weighted by molar-refractivity contribution is -0.116. The maximum Gasteiger partial charge on any atom is 0.335 e. The SMILES string of the molecule is CNC(=O)/C(C#N)=C/c1c(C)[nH]n(-c2ccc(C(=O)O)cc2)c1=O. The number of rotatable bonds is 4. The first kappa shape index (κ1) is 16.8. The summed E-state index contributed by atoms with van der Waals surface area (Å²) >= 11 is 0. The predicted molar refractivity (Wildman–Crippen MR) is 85.7 cm³/mol. The zero-order valence-electron chi connectivity index (χ0n) is 13.0. The number of carbonyl (C=O) groups is 2. The van der Waals surface area contributed by atoms with Crippen LogP contribution in [0.25, 0.3) is 11.8 Å². The van der Waals surface area contributed by atoms with Crippen molar-refractivity contribution in [1.82, 2.24) is 15.1 Å². The molecule has 8 nitrogen and oxygen atoms in total. The third-order valence-electron chi connectivity index (χ3n) is 3.37. The minimum Gasteiger partial charge on any atom is -0.478 e. The number of aromatic carboxylic acids is 1. The van der Waals surface area contributed by atoms with Gasteiger partial charge in [-0.1, -0.05) is 0 Å². The molecule has 1 aromatic carbocycles. The number of benzene rings is 1. The van der Waals surface area contributed by atoms with E-state index in [2.05, 4.69) is 10.4 Å². The van der Waals surface area contributed by atoms with Crippen molar-refractivity contribution >= 4 is 18.0 Å². The first-order chi connectivity index (χ1) is 11.4. The van der Waals surface area contributed by atoms with Gasteiger partial charge in [-0.2, -0.15) is 5.26 Å². The van der Waals surface area contributed by atoms with Gasteiger partial charge in [0, 0.05) is 12.7 Å². The fraction of sp³-hybridized carbons (Fsp3) is 0.125. The average Bonchev–Trinajstić information content (AvgIpc) is 2.86. The molecule has 0 aliphatic carbocycles. The molecule has 3 N–H and O–H groups in total. The summed E-state index contributed by atoms with van der Waals surface area (Å²) < 4.78 is 1.21. The summed E-state index contributed by atoms with van der Waals surface area (Å²) in [4.78, 5) is 34.9. The van der Waals surface area contributed by atoms with Gasteiger partial charge in [-0.15, -0.1) is 0 Å². The van der Waals surface area contributed by atoms with Crippen molar-refractivity contribution in [2.24, 2.45) is 0 Å². The van der Waals surface area contributed by atoms with Crippen molar-refractivity contribution < 1.29 is 14.7 Å². The number of likely N-dealkylation sites (N-methyl/N-ethyl adjacent to an activating group) is 1. The molecule has 0 saturated heterocycles. The van der Waals surface area contributed by atoms with E-state index in [9.17, 15) is 14.4 Å². The smallest absolute Gasteiger partial charge is 0.335 e. The highest BCUT2D eigenvalue weighted by Gasteiger charge is 2.14. The molecule has 0 radical (unpaired) electrons. The van der Waals surface area contributed by atoms with E-state index in [-0.39, 0.29) is 16.7 Å². The Morgan fingerprint density at radius 1 is 1.33 bits per heavy atom. The molecule has 0 unspecified atom stereocenters. The third kappa shape index (κ3) is 3.10. The maximum atomic E-state index is 12.5. The lowest BCUT2D eigenvalue weighted by Crippen LogP contribution is -2.20. The molecule has 2 rings (SSSR count). The number of nitrogens with one attached hydrogen (secondary N) is 2. The van der Waals surface area contributed by atoms with Crippen molar-refractivity contribution in [2.75, 3.05) is 7.05 Å². The minimum absolute atomic E-state index is 0.0987. The molecule has 0 aliphatic heterocycles. The van der Waals surface area contributed by atoms with Crippen LogP contribution in [0, 0.1) is 18.3 Å². The second-order valence-electron chi connectivity index (χ2n) is 4.89. The monoisotopic (exact) mass is 326 g/mol. The molecular formula is C16H14N4O4. The maximum absolute atomic E-state index is 12.5. The predicted octanol–water partition coefficient (Wildman–Crippen LogP) is 0.825. The fourth-order valence-electron chi connectivity index (χ4n) is 2.09. The Bertz CT molecular complexity index is 926. The number of carboxylic acids is 1. The molecular weight excluding hydrogens is 312 g/mol. The van der Waals surface area contributed by atoms with Crippen molar-refractivity contribution in [3.63, 3.8) is 0 Å². The Morgan fingerprint density at radius 3 is 2.46 bits per heavy atom. The van der Waals surface area contributed by atoms with Crippen LogP contribution in [0.1, 0.15) is 21.6 Å². The van der Waals surface area contributed by atoms with E-state index in [1.165, 1.54) is 42.1 Å². The molecule has 0 spiro atoms. The van der Waals surface area contributed by atoms with Crippen molar-refractivity contribution in [3.8, 4) is 11.8 Å². The molecule has 2 aromatic rings. The van der Waals surface area contributed by atoms with Gasteiger partial charge in [-0.3, -0.25) is 14.7 Å². The van der Waals surface area contributed by atoms with Gasteiger partial charge in [0.05, 0.1) is 16.8 Å². The van der Waals surface area contributed by atoms with Gasteiger partial charge in [0.25, 0.3) is 11.5 Å². The first-order valence-electron chi connectivity index (χ1n) is 6.88. The minimum atomic E-state index is -1.07. The number of hydrogen-bond donors (Lipinski definition) is 3. The van der Waals surface area contributed by atoms with Crippen LogP contribution in [0.2, 0.25) is 0 Å². The summed E-state index contributed by atoms with van der Waals surface area (Å²) in [6, 6.07) is 7.47. The molecule has 1 aromatic heterocycles. The number of carboxylic acid groups (broad SMARTS) is 1. The van der Waals surface area contributed by atoms with E-state index >= 15 is 0 Å². The highest BCUT2D eigenvalue weighted by atomic mass is 16.4. The summed E-state index contributed by atoms with van der Waals surface area (Å²) in [6.07, 6.45) is 1.22. The average molecular weight is 326 g/mol. The molecule has 1 amide bonds. The molecule has 0 saturated carbocycles. The lowest BCUT2D eigenvalue weighted by Gasteiger charge is -2.01. The second-order valence-corrected chi connectivity index (χ2v) is 4.89. The Labute approximate surface area is 136 Å². The number of nitrogens with zero attached hydrogens (tertiary/aromatic N) is 2. The molecule has 24 heavy (non-hydrogen) atoms. The highest BCUT2D eigenvalue weighted by molar-refractivity contribution is 6.01. The van der Waals surface area contributed by atoms with Gasteiger partial charge >= 0.3 is 5.97 Å². The van der Waals surface area contributed by atoms with Crippen molar-refractivity contribution in [1.29, 1.82) is 5.26 Å². The number of nitriles is 1. The Morgan fingerprint density at radius 2 is 1.96 bits per heavy atom. The number of H-pyrrole nitrogens is 1. The molecule has 0 aliphatic rings. The second kappa shape index (κ2) is 6.66. The number of aryl methyl sites for hydroxylation is 1. The standard InChI is InChI=1S/C16H14N4O4/c1-9-13(7-11(8-17)14(21)18-2)15(22)20(19-9)12-5-3-10(4-6-12)16(23)24/h3-7,19H,1-2H3,(H,18,21)(H,23,24)/b11-7+. The molecule has 122 valence electrons. The van der Waals surface area contributed by atoms with Crippen LogP contribution in [0.4, 0.5) is 0 Å². The van der Waals surface area contributed by atoms with Crippen LogP contribution in [-0.2, 0) is 4.79 Å². The quantitative estimate of drug-likeness (QED) is 0.566. The number of carbonyl (C=O) groups excluding carboxylic acids is 1. The highest BCUT2D eigenvalue weighted by Crippen LogP contribution is 2.12. The Balaban J connectivity index is 2.52. The number of aromatic nitrogens is 2. The van der Waals surface area contributed by atoms with E-state index in [0.717, 1.165) is 0 Å². The van der Waals surface area contributed by atoms with Crippen LogP contribution in [0.3, 0.4) is 0 Å². The van der Waals surface area contributed by atoms with Gasteiger partial charge in [0.1, 0.15) is 11.6 Å². The van der Waals surface area contributed by atoms with E-state index in [1.807, 2.05) is 0 Å². The zero-order chi connectivity index (χ0) is 17.9.